The van der Waals surface area contributed by atoms with Crippen molar-refractivity contribution in [2.45, 2.75) is 18.9 Å². The van der Waals surface area contributed by atoms with Gasteiger partial charge in [-0.05, 0) is 64.3 Å². The van der Waals surface area contributed by atoms with Crippen LogP contribution in [-0.4, -0.2) is 7.05 Å². The van der Waals surface area contributed by atoms with Crippen LogP contribution in [0.2, 0.25) is 0 Å². The maximum absolute atomic E-state index is 3.51. The summed E-state index contributed by atoms with van der Waals surface area (Å²) >= 11 is 7.10. The predicted molar refractivity (Wildman–Crippen MR) is 76.5 cm³/mol. The molecule has 0 aliphatic heterocycles. The summed E-state index contributed by atoms with van der Waals surface area (Å²) in [5.74, 6) is 0. The van der Waals surface area contributed by atoms with Crippen molar-refractivity contribution in [2.24, 2.45) is 0 Å². The molecule has 1 atom stereocenters. The minimum absolute atomic E-state index is 0.463. The first-order valence-corrected chi connectivity index (χ1v) is 7.78. The Kier molecular flexibility index (Phi) is 4.58. The quantitative estimate of drug-likeness (QED) is 0.858. The number of hydrogen-bond acceptors (Lipinski definition) is 3. The molecule has 2 aromatic rings. The highest BCUT2D eigenvalue weighted by Crippen LogP contribution is 2.28. The largest absolute Gasteiger partial charge is 0.313 e. The highest BCUT2D eigenvalue weighted by atomic mass is 79.9. The molecular weight excluding hydrogens is 302 g/mol. The van der Waals surface area contributed by atoms with Gasteiger partial charge in [0.1, 0.15) is 0 Å². The second kappa shape index (κ2) is 5.96. The summed E-state index contributed by atoms with van der Waals surface area (Å²) in [5.41, 5.74) is 1.39. The molecular formula is C12H14BrNS2. The van der Waals surface area contributed by atoms with Crippen molar-refractivity contribution < 1.29 is 0 Å². The molecule has 0 bridgehead atoms. The van der Waals surface area contributed by atoms with E-state index in [0.717, 1.165) is 12.8 Å². The van der Waals surface area contributed by atoms with Crippen molar-refractivity contribution >= 4 is 38.6 Å². The van der Waals surface area contributed by atoms with Crippen LogP contribution >= 0.6 is 38.6 Å². The average molecular weight is 316 g/mol. The fourth-order valence-corrected chi connectivity index (χ4v) is 3.68. The molecule has 86 valence electrons. The predicted octanol–water partition coefficient (Wildman–Crippen LogP) is 4.47. The van der Waals surface area contributed by atoms with E-state index in [1.165, 1.54) is 14.2 Å². The van der Waals surface area contributed by atoms with Crippen LogP contribution in [0.5, 0.6) is 0 Å². The maximum atomic E-state index is 3.51. The topological polar surface area (TPSA) is 12.0 Å². The number of aryl methyl sites for hydroxylation is 1. The smallest absolute Gasteiger partial charge is 0.0701 e. The van der Waals surface area contributed by atoms with E-state index in [1.807, 2.05) is 18.4 Å². The van der Waals surface area contributed by atoms with Crippen LogP contribution in [0.15, 0.2) is 32.7 Å². The van der Waals surface area contributed by atoms with E-state index in [9.17, 15) is 0 Å². The summed E-state index contributed by atoms with van der Waals surface area (Å²) in [6, 6.07) is 7.00. The highest BCUT2D eigenvalue weighted by molar-refractivity contribution is 9.11. The van der Waals surface area contributed by atoms with Crippen molar-refractivity contribution in [1.82, 2.24) is 5.32 Å². The van der Waals surface area contributed by atoms with Gasteiger partial charge in [0.15, 0.2) is 0 Å². The van der Waals surface area contributed by atoms with Crippen LogP contribution in [0.3, 0.4) is 0 Å². The first-order valence-electron chi connectivity index (χ1n) is 5.23. The van der Waals surface area contributed by atoms with Crippen molar-refractivity contribution in [1.29, 1.82) is 0 Å². The molecule has 2 aromatic heterocycles. The number of hydrogen-bond donors (Lipinski definition) is 1. The van der Waals surface area contributed by atoms with Gasteiger partial charge in [-0.2, -0.15) is 0 Å². The number of thiophene rings is 2. The molecule has 1 nitrogen and oxygen atoms in total. The van der Waals surface area contributed by atoms with Gasteiger partial charge in [-0.3, -0.25) is 0 Å². The molecule has 0 spiro atoms. The van der Waals surface area contributed by atoms with Gasteiger partial charge in [0.25, 0.3) is 0 Å². The van der Waals surface area contributed by atoms with Crippen LogP contribution in [0.4, 0.5) is 0 Å². The lowest BCUT2D eigenvalue weighted by molar-refractivity contribution is 0.553. The molecule has 0 aliphatic rings. The molecule has 0 fully saturated rings. The SMILES string of the molecule is CNC(CCc1cccs1)c1csc(Br)c1. The fourth-order valence-electron chi connectivity index (χ4n) is 1.73. The number of halogens is 1. The van der Waals surface area contributed by atoms with Gasteiger partial charge in [0, 0.05) is 10.9 Å². The Hall–Kier alpha value is -0.160. The Bertz CT molecular complexity index is 422. The van der Waals surface area contributed by atoms with E-state index in [0.29, 0.717) is 6.04 Å². The molecule has 0 aromatic carbocycles. The monoisotopic (exact) mass is 315 g/mol. The Labute approximate surface area is 113 Å². The van der Waals surface area contributed by atoms with Gasteiger partial charge in [-0.25, -0.2) is 0 Å². The lowest BCUT2D eigenvalue weighted by Crippen LogP contribution is -2.16. The zero-order chi connectivity index (χ0) is 11.4. The summed E-state index contributed by atoms with van der Waals surface area (Å²) in [6.07, 6.45) is 2.30. The minimum Gasteiger partial charge on any atom is -0.313 e. The summed E-state index contributed by atoms with van der Waals surface area (Å²) in [7, 11) is 2.03. The molecule has 0 saturated heterocycles. The molecule has 4 heteroatoms. The lowest BCUT2D eigenvalue weighted by Gasteiger charge is -2.13. The van der Waals surface area contributed by atoms with Crippen molar-refractivity contribution in [3.05, 3.63) is 43.2 Å². The molecule has 1 unspecified atom stereocenters. The Morgan fingerprint density at radius 3 is 2.88 bits per heavy atom. The van der Waals surface area contributed by atoms with Crippen LogP contribution in [0.25, 0.3) is 0 Å². The Balaban J connectivity index is 1.96. The van der Waals surface area contributed by atoms with Crippen molar-refractivity contribution in [2.75, 3.05) is 7.05 Å². The first-order chi connectivity index (χ1) is 7.79. The maximum Gasteiger partial charge on any atom is 0.0701 e. The third-order valence-corrected chi connectivity index (χ3v) is 5.06. The standard InChI is InChI=1S/C12H14BrNS2/c1-14-11(9-7-12(13)16-8-9)5-4-10-3-2-6-15-10/h2-3,6-8,11,14H,4-5H2,1H3. The Morgan fingerprint density at radius 2 is 2.31 bits per heavy atom. The third kappa shape index (κ3) is 3.17. The van der Waals surface area contributed by atoms with Gasteiger partial charge in [-0.1, -0.05) is 6.07 Å². The van der Waals surface area contributed by atoms with E-state index in [2.05, 4.69) is 50.2 Å². The fraction of sp³-hybridized carbons (Fsp3) is 0.333. The normalized spacial score (nSPS) is 12.9. The number of nitrogens with one attached hydrogen (secondary N) is 1. The van der Waals surface area contributed by atoms with E-state index in [-0.39, 0.29) is 0 Å². The summed E-state index contributed by atoms with van der Waals surface area (Å²) in [6.45, 7) is 0. The average Bonchev–Trinajstić information content (AvgIpc) is 2.91. The third-order valence-electron chi connectivity index (χ3n) is 2.60. The van der Waals surface area contributed by atoms with Gasteiger partial charge in [0.2, 0.25) is 0 Å². The van der Waals surface area contributed by atoms with Crippen LogP contribution < -0.4 is 5.32 Å². The van der Waals surface area contributed by atoms with E-state index in [1.54, 1.807) is 11.3 Å². The second-order valence-electron chi connectivity index (χ2n) is 3.64. The van der Waals surface area contributed by atoms with Crippen LogP contribution in [0.1, 0.15) is 22.9 Å². The molecule has 0 saturated carbocycles. The van der Waals surface area contributed by atoms with Crippen molar-refractivity contribution in [3.8, 4) is 0 Å². The van der Waals surface area contributed by atoms with E-state index >= 15 is 0 Å². The van der Waals surface area contributed by atoms with Crippen LogP contribution in [-0.2, 0) is 6.42 Å². The first kappa shape index (κ1) is 12.3. The van der Waals surface area contributed by atoms with Crippen LogP contribution in [0, 0.1) is 0 Å². The molecule has 0 aliphatic carbocycles. The zero-order valence-corrected chi connectivity index (χ0v) is 12.3. The highest BCUT2D eigenvalue weighted by Gasteiger charge is 2.11. The summed E-state index contributed by atoms with van der Waals surface area (Å²) in [5, 5.41) is 7.75. The second-order valence-corrected chi connectivity index (χ2v) is 6.97. The molecule has 16 heavy (non-hydrogen) atoms. The van der Waals surface area contributed by atoms with Crippen molar-refractivity contribution in [3.63, 3.8) is 0 Å². The van der Waals surface area contributed by atoms with E-state index < -0.39 is 0 Å². The lowest BCUT2D eigenvalue weighted by atomic mass is 10.1. The molecule has 2 rings (SSSR count). The van der Waals surface area contributed by atoms with Gasteiger partial charge in [0.05, 0.1) is 3.79 Å². The molecule has 0 radical (unpaired) electrons. The van der Waals surface area contributed by atoms with Gasteiger partial charge in [-0.15, -0.1) is 22.7 Å². The van der Waals surface area contributed by atoms with Gasteiger partial charge < -0.3 is 5.32 Å². The molecule has 1 N–H and O–H groups in total. The molecule has 2 heterocycles. The number of rotatable bonds is 5. The van der Waals surface area contributed by atoms with Gasteiger partial charge >= 0.3 is 0 Å². The summed E-state index contributed by atoms with van der Waals surface area (Å²) < 4.78 is 1.21. The summed E-state index contributed by atoms with van der Waals surface area (Å²) in [4.78, 5) is 1.47. The van der Waals surface area contributed by atoms with E-state index in [4.69, 9.17) is 0 Å². The zero-order valence-electron chi connectivity index (χ0n) is 9.07. The molecule has 0 amide bonds. The Morgan fingerprint density at radius 1 is 1.44 bits per heavy atom. The minimum atomic E-state index is 0.463.